The lowest BCUT2D eigenvalue weighted by molar-refractivity contribution is -0.154. The molecule has 0 saturated carbocycles. The van der Waals surface area contributed by atoms with Crippen molar-refractivity contribution in [2.75, 3.05) is 33.0 Å². The van der Waals surface area contributed by atoms with E-state index < -0.39 is 13.9 Å². The van der Waals surface area contributed by atoms with Crippen LogP contribution in [0.25, 0.3) is 0 Å². The summed E-state index contributed by atoms with van der Waals surface area (Å²) in [6, 6.07) is 0. The Morgan fingerprint density at radius 1 is 0.508 bits per heavy atom. The predicted molar refractivity (Wildman–Crippen MR) is 261 cm³/mol. The van der Waals surface area contributed by atoms with E-state index in [4.69, 9.17) is 24.3 Å². The molecule has 0 heterocycles. The molecule has 61 heavy (non-hydrogen) atoms. The summed E-state index contributed by atoms with van der Waals surface area (Å²) in [7, 11) is -4.30. The van der Waals surface area contributed by atoms with Crippen LogP contribution < -0.4 is 5.73 Å². The summed E-state index contributed by atoms with van der Waals surface area (Å²) in [5, 5.41) is 0. The molecule has 2 unspecified atom stereocenters. The summed E-state index contributed by atoms with van der Waals surface area (Å²) in [5.74, 6) is -0.360. The number of phosphoric acid groups is 1. The van der Waals surface area contributed by atoms with Crippen LogP contribution in [0.15, 0.2) is 97.2 Å². The summed E-state index contributed by atoms with van der Waals surface area (Å²) < 4.78 is 33.5. The van der Waals surface area contributed by atoms with E-state index in [1.807, 2.05) is 0 Å². The molecule has 0 radical (unpaired) electrons. The maximum absolute atomic E-state index is 12.6. The van der Waals surface area contributed by atoms with E-state index in [0.717, 1.165) is 89.9 Å². The fraction of sp³-hybridized carbons (Fsp3) is 0.673. The van der Waals surface area contributed by atoms with E-state index in [2.05, 4.69) is 111 Å². The molecule has 9 heteroatoms. The van der Waals surface area contributed by atoms with Gasteiger partial charge in [0.1, 0.15) is 6.10 Å². The second kappa shape index (κ2) is 48.5. The topological polar surface area (TPSA) is 117 Å². The van der Waals surface area contributed by atoms with E-state index in [0.29, 0.717) is 6.61 Å². The summed E-state index contributed by atoms with van der Waals surface area (Å²) in [6.07, 6.45) is 64.3. The Morgan fingerprint density at radius 3 is 1.38 bits per heavy atom. The number of nitrogens with two attached hydrogens (primary N) is 1. The van der Waals surface area contributed by atoms with Crippen molar-refractivity contribution in [1.29, 1.82) is 0 Å². The second-order valence-electron chi connectivity index (χ2n) is 15.6. The van der Waals surface area contributed by atoms with E-state index in [9.17, 15) is 14.3 Å². The van der Waals surface area contributed by atoms with Crippen molar-refractivity contribution in [2.24, 2.45) is 5.73 Å². The first-order chi connectivity index (χ1) is 29.9. The van der Waals surface area contributed by atoms with Gasteiger partial charge in [0.25, 0.3) is 0 Å². The lowest BCUT2D eigenvalue weighted by Crippen LogP contribution is -2.28. The van der Waals surface area contributed by atoms with Gasteiger partial charge < -0.3 is 20.1 Å². The summed E-state index contributed by atoms with van der Waals surface area (Å²) in [4.78, 5) is 22.6. The van der Waals surface area contributed by atoms with Crippen LogP contribution in [0.4, 0.5) is 0 Å². The smallest absolute Gasteiger partial charge is 0.457 e. The quantitative estimate of drug-likeness (QED) is 0.0269. The normalized spacial score (nSPS) is 14.2. The zero-order chi connectivity index (χ0) is 44.4. The van der Waals surface area contributed by atoms with Gasteiger partial charge in [-0.25, -0.2) is 4.57 Å². The van der Waals surface area contributed by atoms with E-state index in [1.54, 1.807) is 0 Å². The van der Waals surface area contributed by atoms with Crippen LogP contribution in [0, 0.1) is 0 Å². The van der Waals surface area contributed by atoms with Gasteiger partial charge in [0.2, 0.25) is 0 Å². The van der Waals surface area contributed by atoms with Crippen molar-refractivity contribution in [3.8, 4) is 0 Å². The number of phosphoric ester groups is 1. The Kier molecular flexibility index (Phi) is 46.4. The molecule has 0 fully saturated rings. The Labute approximate surface area is 374 Å². The zero-order valence-electron chi connectivity index (χ0n) is 38.9. The average molecular weight is 872 g/mol. The van der Waals surface area contributed by atoms with Crippen LogP contribution >= 0.6 is 7.82 Å². The maximum atomic E-state index is 12.6. The average Bonchev–Trinajstić information content (AvgIpc) is 3.25. The first-order valence-corrected chi connectivity index (χ1v) is 25.7. The fourth-order valence-corrected chi connectivity index (χ4v) is 6.97. The lowest BCUT2D eigenvalue weighted by Gasteiger charge is -2.20. The molecular weight excluding hydrogens is 782 g/mol. The highest BCUT2D eigenvalue weighted by Gasteiger charge is 2.25. The van der Waals surface area contributed by atoms with Gasteiger partial charge >= 0.3 is 13.8 Å². The van der Waals surface area contributed by atoms with Gasteiger partial charge in [-0.15, -0.1) is 0 Å². The van der Waals surface area contributed by atoms with E-state index in [1.165, 1.54) is 77.0 Å². The summed E-state index contributed by atoms with van der Waals surface area (Å²) in [6.45, 7) is 4.73. The minimum Gasteiger partial charge on any atom is -0.457 e. The molecule has 0 aromatic carbocycles. The first kappa shape index (κ1) is 58.4. The molecule has 8 nitrogen and oxygen atoms in total. The number of esters is 1. The van der Waals surface area contributed by atoms with Crippen LogP contribution in [0.5, 0.6) is 0 Å². The van der Waals surface area contributed by atoms with Crippen LogP contribution in [-0.2, 0) is 27.9 Å². The molecule has 0 amide bonds. The number of carbonyl (C=O) groups excluding carboxylic acids is 1. The number of hydrogen-bond acceptors (Lipinski definition) is 7. The Balaban J connectivity index is 4.09. The lowest BCUT2D eigenvalue weighted by atomic mass is 10.1. The highest BCUT2D eigenvalue weighted by molar-refractivity contribution is 7.47. The van der Waals surface area contributed by atoms with E-state index >= 15 is 0 Å². The van der Waals surface area contributed by atoms with Gasteiger partial charge in [0.15, 0.2) is 0 Å². The monoisotopic (exact) mass is 872 g/mol. The Hall–Kier alpha value is -2.58. The molecule has 0 saturated heterocycles. The van der Waals surface area contributed by atoms with Crippen molar-refractivity contribution in [3.05, 3.63) is 97.2 Å². The molecule has 350 valence electrons. The van der Waals surface area contributed by atoms with Crippen LogP contribution in [0.3, 0.4) is 0 Å². The van der Waals surface area contributed by atoms with Crippen LogP contribution in [-0.4, -0.2) is 49.9 Å². The number of ether oxygens (including phenoxy) is 2. The third-order valence-electron chi connectivity index (χ3n) is 9.74. The number of unbranched alkanes of at least 4 members (excludes halogenated alkanes) is 16. The number of hydrogen-bond donors (Lipinski definition) is 2. The molecular formula is C52H90NO7P. The molecule has 3 N–H and O–H groups in total. The fourth-order valence-electron chi connectivity index (χ4n) is 6.21. The highest BCUT2D eigenvalue weighted by Crippen LogP contribution is 2.43. The highest BCUT2D eigenvalue weighted by atomic mass is 31.2. The zero-order valence-corrected chi connectivity index (χ0v) is 39.8. The molecule has 0 aliphatic heterocycles. The molecule has 0 aliphatic rings. The van der Waals surface area contributed by atoms with Crippen molar-refractivity contribution < 1.29 is 32.8 Å². The molecule has 0 aromatic rings. The van der Waals surface area contributed by atoms with Crippen molar-refractivity contribution >= 4 is 13.8 Å². The van der Waals surface area contributed by atoms with Gasteiger partial charge in [-0.05, 0) is 96.3 Å². The van der Waals surface area contributed by atoms with Crippen LogP contribution in [0.2, 0.25) is 0 Å². The van der Waals surface area contributed by atoms with Gasteiger partial charge in [-0.1, -0.05) is 182 Å². The van der Waals surface area contributed by atoms with Gasteiger partial charge in [0.05, 0.1) is 19.8 Å². The molecule has 0 aromatic heterocycles. The van der Waals surface area contributed by atoms with Crippen molar-refractivity contribution in [3.63, 3.8) is 0 Å². The number of rotatable bonds is 45. The Morgan fingerprint density at radius 2 is 0.918 bits per heavy atom. The largest absolute Gasteiger partial charge is 0.472 e. The minimum atomic E-state index is -4.30. The predicted octanol–water partition coefficient (Wildman–Crippen LogP) is 15.0. The first-order valence-electron chi connectivity index (χ1n) is 24.2. The minimum absolute atomic E-state index is 0.0893. The third-order valence-corrected chi connectivity index (χ3v) is 10.7. The molecule has 2 atom stereocenters. The SMILES string of the molecule is CC/C=C\C/C=C\C/C=C\C/C=C\C/C=C\C/C=C\CCCCCCC(=O)OC(COCCCCCCCCCC/C=C\C/C=C\CCCCCC)COP(=O)(O)OCCN. The van der Waals surface area contributed by atoms with Gasteiger partial charge in [0, 0.05) is 19.6 Å². The number of allylic oxidation sites excluding steroid dienone is 16. The van der Waals surface area contributed by atoms with Crippen molar-refractivity contribution in [2.45, 2.75) is 193 Å². The summed E-state index contributed by atoms with van der Waals surface area (Å²) >= 11 is 0. The van der Waals surface area contributed by atoms with Crippen molar-refractivity contribution in [1.82, 2.24) is 0 Å². The van der Waals surface area contributed by atoms with Crippen LogP contribution in [0.1, 0.15) is 187 Å². The maximum Gasteiger partial charge on any atom is 0.472 e. The third kappa shape index (κ3) is 48.3. The van der Waals surface area contributed by atoms with E-state index in [-0.39, 0.29) is 38.8 Å². The second-order valence-corrected chi connectivity index (χ2v) is 17.0. The summed E-state index contributed by atoms with van der Waals surface area (Å²) in [5.41, 5.74) is 5.38. The molecule has 0 spiro atoms. The molecule has 0 aliphatic carbocycles. The molecule has 0 rings (SSSR count). The molecule has 0 bridgehead atoms. The Bertz CT molecular complexity index is 1250. The van der Waals surface area contributed by atoms with Gasteiger partial charge in [-0.2, -0.15) is 0 Å². The standard InChI is InChI=1S/C52H90NO7P/c1-3-5-7-9-11-13-15-17-19-21-23-24-25-26-27-29-31-33-35-37-39-41-43-45-52(54)60-51(50-59-61(55,56)58-48-46-53)49-57-47-44-42-40-38-36-34-32-30-28-22-20-18-16-14-12-10-8-6-4-2/h5,7,11,13-14,16-17,19-20,22-24,26-27,31,33,51H,3-4,6,8-10,12,15,18,21,25,28-30,32,34-50,53H2,1-2H3,(H,55,56)/b7-5-,13-11-,16-14-,19-17-,22-20-,24-23-,27-26-,33-31-. The number of carbonyl (C=O) groups is 1. The van der Waals surface area contributed by atoms with Gasteiger partial charge in [-0.3, -0.25) is 13.8 Å².